The predicted molar refractivity (Wildman–Crippen MR) is 498 cm³/mol. The van der Waals surface area contributed by atoms with E-state index < -0.39 is 119 Å². The molecule has 0 radical (unpaired) electrons. The minimum absolute atomic E-state index is 0.0469. The molecular weight excluding hydrogens is 1890 g/mol. The number of carbonyl (C=O) groups excluding carboxylic acids is 3. The van der Waals surface area contributed by atoms with Crippen LogP contribution >= 0.6 is 23.4 Å². The molecule has 11 heterocycles. The van der Waals surface area contributed by atoms with Crippen molar-refractivity contribution in [3.05, 3.63) is 187 Å². The number of nitrogens with zero attached hydrogens (tertiary/aromatic N) is 12. The van der Waals surface area contributed by atoms with Crippen LogP contribution in [0.15, 0.2) is 128 Å². The fourth-order valence-electron chi connectivity index (χ4n) is 14.0. The average molecular weight is 1990 g/mol. The maximum absolute atomic E-state index is 15.0. The van der Waals surface area contributed by atoms with Crippen LogP contribution in [0.2, 0.25) is 0 Å². The number of aryl methyl sites for hydroxylation is 4. The Labute approximate surface area is 793 Å². The number of nitrogens with one attached hydrogen (secondary N) is 4. The first-order chi connectivity index (χ1) is 65.5. The summed E-state index contributed by atoms with van der Waals surface area (Å²) in [5.74, 6) is -9.59. The zero-order valence-corrected chi connectivity index (χ0v) is 79.9. The molecule has 3 saturated heterocycles. The number of hydrogen-bond donors (Lipinski definition) is 5. The smallest absolute Gasteiger partial charge is 0.408 e. The molecule has 3 aliphatic rings. The van der Waals surface area contributed by atoms with Crippen LogP contribution in [0.4, 0.5) is 51.8 Å². The first-order valence-electron chi connectivity index (χ1n) is 41.0. The number of alkyl carbamates (subject to hydrolysis) is 1. The van der Waals surface area contributed by atoms with Gasteiger partial charge in [-0.25, -0.2) is 69.8 Å². The molecule has 1 unspecified atom stereocenters. The van der Waals surface area contributed by atoms with E-state index in [1.165, 1.54) is 172 Å². The van der Waals surface area contributed by atoms with Gasteiger partial charge in [0.05, 0.1) is 182 Å². The Morgan fingerprint density at radius 2 is 0.768 bits per heavy atom. The Kier molecular flexibility index (Phi) is 35.5. The molecule has 37 nitrogen and oxygen atoms in total. The fraction of sp³-hybridized carbons (Fsp3) is 0.344. The van der Waals surface area contributed by atoms with Gasteiger partial charge in [-0.05, 0) is 75.0 Å². The highest BCUT2D eigenvalue weighted by molar-refractivity contribution is 7.98. The Hall–Kier alpha value is -14.0. The second-order valence-corrected chi connectivity index (χ2v) is 33.5. The van der Waals surface area contributed by atoms with Crippen molar-refractivity contribution in [2.24, 2.45) is 39.8 Å². The molecule has 7 atom stereocenters. The van der Waals surface area contributed by atoms with Crippen molar-refractivity contribution >= 4 is 107 Å². The molecule has 8 aromatic heterocycles. The minimum atomic E-state index is -1.45. The molecule has 0 aliphatic carbocycles. The number of aromatic nitrogens is 12. The SMILES string of the molecule is C=CC(=O)Cl.C=CC(=O)N[C@H]1COC[C@H]1Nc1ncc2cc(-c3c(F)c(OC)cc(OC)c3F)c(=O)n(C)c2n1.CC(C)(C)OC(=O)N[C@H]1COC[C@H]1N.COc1cc(OC)c(F)c(-c2cc3cnc(N[C@@H]4COC[C@@H]4C)nc3n(C)c2=O)c1F.COc1cc(OC)c(F)c(-c2cc3cnc(S(C)=O)nc3n(C)c2=O)c1F.COc1cc(OC)c(F)c(-c2cc3cnc(SC)nc3n(C)c2=O)c1F. The molecule has 15 rings (SSSR count). The number of thioether (sulfide) groups is 1. The summed E-state index contributed by atoms with van der Waals surface area (Å²) in [6.45, 7) is 16.7. The first kappa shape index (κ1) is 106. The number of pyridine rings is 4. The Balaban J connectivity index is 0.000000179. The summed E-state index contributed by atoms with van der Waals surface area (Å²) in [5, 5.41) is 13.4. The summed E-state index contributed by atoms with van der Waals surface area (Å²) in [4.78, 5) is 118. The standard InChI is InChI=1S/C23H23F2N5O5.C21H22F2N4O4.C17H15F2N3O4S.C17H15F2N3O3S.C9H18N2O3.C3H3ClO/c1-5-17(31)27-13-9-35-10-14(13)28-23-26-8-11-6-12(22(32)30(2)21(11)29-23)18-19(24)15(33-3)7-16(34-4)20(18)25;1-10-8-31-9-13(10)25-21-24-7-11-5-12(20(28)27(2)19(11)26-21)16-17(22)14(29-3)6-15(30-4)18(16)23;1-22-15-8(7-20-17(21-15)27(4)24)5-9(16(22)23)12-13(18)10(25-2)6-11(26-3)14(12)19;1-22-15-8(7-20-17(21-15)26-4)5-9(16(22)23)12-13(18)10(24-2)6-11(25-3)14(12)19;1-9(2,3)14-8(12)11-7-5-13-4-6(7)10;1-2-3(4)5/h5-8,13-14H,1,9-10H2,2-4H3,(H,27,31)(H,26,28,29);5-7,10,13H,8-9H2,1-4H3,(H,24,25,26);5-7H,1-4H3;5-7H,1-4H3;6-7H,4-5,10H2,1-3H3,(H,11,12);2H,1H2/t13-,14+;10-,13+;;;6-,7+;/m00..1./s1. The maximum Gasteiger partial charge on any atom is 0.408 e. The van der Waals surface area contributed by atoms with Gasteiger partial charge in [0, 0.05) is 111 Å². The lowest BCUT2D eigenvalue weighted by Crippen LogP contribution is -2.48. The molecule has 0 spiro atoms. The van der Waals surface area contributed by atoms with Gasteiger partial charge in [0.2, 0.25) is 28.2 Å². The van der Waals surface area contributed by atoms with Crippen molar-refractivity contribution in [3.8, 4) is 90.5 Å². The third kappa shape index (κ3) is 23.6. The van der Waals surface area contributed by atoms with E-state index in [4.69, 9.17) is 74.2 Å². The summed E-state index contributed by atoms with van der Waals surface area (Å²) < 4.78 is 196. The molecule has 138 heavy (non-hydrogen) atoms. The van der Waals surface area contributed by atoms with Crippen LogP contribution in [0.3, 0.4) is 0 Å². The number of rotatable bonds is 22. The highest BCUT2D eigenvalue weighted by Crippen LogP contribution is 2.42. The summed E-state index contributed by atoms with van der Waals surface area (Å²) >= 11 is 6.03. The van der Waals surface area contributed by atoms with Gasteiger partial charge in [-0.15, -0.1) is 0 Å². The summed E-state index contributed by atoms with van der Waals surface area (Å²) in [7, 11) is 14.2. The normalized spacial score (nSPS) is 16.0. The Morgan fingerprint density at radius 3 is 1.07 bits per heavy atom. The molecule has 12 aromatic rings. The maximum atomic E-state index is 15.0. The molecule has 4 aromatic carbocycles. The van der Waals surface area contributed by atoms with E-state index in [0.29, 0.717) is 89.5 Å². The number of nitrogens with two attached hydrogens (primary N) is 1. The molecule has 0 bridgehead atoms. The van der Waals surface area contributed by atoms with Gasteiger partial charge >= 0.3 is 6.09 Å². The number of hydrogen-bond acceptors (Lipinski definition) is 32. The third-order valence-corrected chi connectivity index (χ3v) is 22.6. The quantitative estimate of drug-likeness (QED) is 0.0138. The number of allylic oxidation sites excluding steroid dienone is 1. The Morgan fingerprint density at radius 1 is 0.464 bits per heavy atom. The van der Waals surface area contributed by atoms with Crippen LogP contribution in [0.5, 0.6) is 46.0 Å². The van der Waals surface area contributed by atoms with Gasteiger partial charge in [0.15, 0.2) is 97.7 Å². The van der Waals surface area contributed by atoms with Crippen LogP contribution in [0.1, 0.15) is 27.7 Å². The summed E-state index contributed by atoms with van der Waals surface area (Å²) in [5.41, 5.74) is 0.698. The number of ether oxygens (including phenoxy) is 12. The average Bonchev–Trinajstić information content (AvgIpc) is 1.20. The number of halogens is 9. The molecule has 2 amide bonds. The van der Waals surface area contributed by atoms with Crippen molar-refractivity contribution in [1.29, 1.82) is 0 Å². The van der Waals surface area contributed by atoms with Crippen molar-refractivity contribution in [2.45, 2.75) is 73.8 Å². The molecule has 6 N–H and O–H groups in total. The predicted octanol–water partition coefficient (Wildman–Crippen LogP) is 10.7. The zero-order valence-electron chi connectivity index (χ0n) is 77.5. The van der Waals surface area contributed by atoms with Gasteiger partial charge in [-0.3, -0.25) is 51.2 Å². The highest BCUT2D eigenvalue weighted by Gasteiger charge is 2.35. The topological polar surface area (TPSA) is 444 Å². The molecule has 0 saturated carbocycles. The van der Waals surface area contributed by atoms with Gasteiger partial charge < -0.3 is 83.8 Å². The fourth-order valence-corrected chi connectivity index (χ4v) is 14.7. The number of anilines is 2. The van der Waals surface area contributed by atoms with E-state index in [0.717, 1.165) is 34.9 Å². The number of benzene rings is 4. The summed E-state index contributed by atoms with van der Waals surface area (Å²) in [6.07, 6.45) is 10.8. The summed E-state index contributed by atoms with van der Waals surface area (Å²) in [6, 6.07) is 8.76. The number of methoxy groups -OCH3 is 8. The van der Waals surface area contributed by atoms with Crippen LogP contribution in [0, 0.1) is 52.5 Å². The van der Waals surface area contributed by atoms with E-state index >= 15 is 8.78 Å². The van der Waals surface area contributed by atoms with Gasteiger partial charge in [0.25, 0.3) is 22.2 Å². The van der Waals surface area contributed by atoms with Crippen molar-refractivity contribution in [3.63, 3.8) is 0 Å². The second kappa shape index (κ2) is 46.2. The number of amides is 2. The number of fused-ring (bicyclic) bond motifs is 4. The second-order valence-electron chi connectivity index (χ2n) is 31.1. The zero-order chi connectivity index (χ0) is 101. The lowest BCUT2D eigenvalue weighted by Gasteiger charge is -2.22. The van der Waals surface area contributed by atoms with Gasteiger partial charge in [-0.1, -0.05) is 31.8 Å². The molecular formula is C90H96ClF8N17O20S2. The van der Waals surface area contributed by atoms with E-state index in [1.54, 1.807) is 6.26 Å². The van der Waals surface area contributed by atoms with E-state index in [2.05, 4.69) is 81.2 Å². The third-order valence-electron chi connectivity index (χ3n) is 21.1. The van der Waals surface area contributed by atoms with E-state index in [9.17, 15) is 64.1 Å². The highest BCUT2D eigenvalue weighted by atomic mass is 35.5. The first-order valence-corrected chi connectivity index (χ1v) is 44.2. The molecule has 3 aliphatic heterocycles. The van der Waals surface area contributed by atoms with E-state index in [1.807, 2.05) is 20.8 Å². The van der Waals surface area contributed by atoms with Crippen LogP contribution in [-0.4, -0.2) is 224 Å². The lowest BCUT2D eigenvalue weighted by atomic mass is 10.0. The minimum Gasteiger partial charge on any atom is -0.494 e. The lowest BCUT2D eigenvalue weighted by molar-refractivity contribution is -0.117. The van der Waals surface area contributed by atoms with Crippen LogP contribution in [-0.2, 0) is 67.5 Å². The van der Waals surface area contributed by atoms with Gasteiger partial charge in [0.1, 0.15) is 28.2 Å². The van der Waals surface area contributed by atoms with Crippen LogP contribution in [0.25, 0.3) is 88.6 Å². The van der Waals surface area contributed by atoms with E-state index in [-0.39, 0.29) is 127 Å². The van der Waals surface area contributed by atoms with Gasteiger partial charge in [-0.2, -0.15) is 9.97 Å². The van der Waals surface area contributed by atoms with Crippen molar-refractivity contribution < 1.29 is 111 Å². The monoisotopic (exact) mass is 1990 g/mol. The Bertz CT molecular complexity index is 6850. The van der Waals surface area contributed by atoms with Crippen molar-refractivity contribution in [2.75, 3.05) is 120 Å². The van der Waals surface area contributed by atoms with Crippen molar-refractivity contribution in [1.82, 2.24) is 68.8 Å². The largest absolute Gasteiger partial charge is 0.494 e. The molecule has 48 heteroatoms. The number of carbonyl (C=O) groups is 3. The molecule has 3 fully saturated rings. The van der Waals surface area contributed by atoms with Crippen LogP contribution < -0.4 is 87.1 Å². The molecule has 736 valence electrons.